The molecule has 1 aliphatic carbocycles. The van der Waals surface area contributed by atoms with Gasteiger partial charge in [-0.3, -0.25) is 4.79 Å². The minimum Gasteiger partial charge on any atom is -0.388 e. The molecule has 0 radical (unpaired) electrons. The van der Waals surface area contributed by atoms with E-state index in [0.29, 0.717) is 6.42 Å². The van der Waals surface area contributed by atoms with Crippen molar-refractivity contribution < 1.29 is 4.79 Å². The van der Waals surface area contributed by atoms with E-state index < -0.39 is 0 Å². The molecule has 1 aliphatic rings. The first-order chi connectivity index (χ1) is 9.24. The summed E-state index contributed by atoms with van der Waals surface area (Å²) in [5, 5.41) is 3.34. The van der Waals surface area contributed by atoms with E-state index in [1.807, 2.05) is 6.07 Å². The first kappa shape index (κ1) is 13.8. The molecule has 0 unspecified atom stereocenters. The van der Waals surface area contributed by atoms with Crippen LogP contribution < -0.4 is 5.32 Å². The average Bonchev–Trinajstić information content (AvgIpc) is 2.82. The second kappa shape index (κ2) is 7.10. The van der Waals surface area contributed by atoms with E-state index in [1.54, 1.807) is 6.08 Å². The van der Waals surface area contributed by atoms with Crippen molar-refractivity contribution >= 4 is 5.78 Å². The minimum absolute atomic E-state index is 0.253. The molecule has 3 nitrogen and oxygen atoms in total. The zero-order valence-corrected chi connectivity index (χ0v) is 11.6. The summed E-state index contributed by atoms with van der Waals surface area (Å²) in [6.07, 6.45) is 4.40. The summed E-state index contributed by atoms with van der Waals surface area (Å²) in [4.78, 5) is 13.4. The molecule has 0 saturated carbocycles. The molecule has 0 bridgehead atoms. The normalized spacial score (nSPS) is 14.8. The lowest BCUT2D eigenvalue weighted by molar-refractivity contribution is -0.114. The van der Waals surface area contributed by atoms with Crippen molar-refractivity contribution in [3.8, 4) is 0 Å². The van der Waals surface area contributed by atoms with Crippen LogP contribution in [0.3, 0.4) is 0 Å². The smallest absolute Gasteiger partial charge is 0.157 e. The Morgan fingerprint density at radius 1 is 1.21 bits per heavy atom. The van der Waals surface area contributed by atoms with Crippen molar-refractivity contribution in [3.63, 3.8) is 0 Å². The summed E-state index contributed by atoms with van der Waals surface area (Å²) in [5.41, 5.74) is 2.46. The van der Waals surface area contributed by atoms with Crippen LogP contribution in [0.15, 0.2) is 42.1 Å². The monoisotopic (exact) mass is 258 g/mol. The van der Waals surface area contributed by atoms with E-state index in [4.69, 9.17) is 0 Å². The van der Waals surface area contributed by atoms with E-state index in [-0.39, 0.29) is 5.78 Å². The predicted molar refractivity (Wildman–Crippen MR) is 77.7 cm³/mol. The molecule has 19 heavy (non-hydrogen) atoms. The van der Waals surface area contributed by atoms with Crippen molar-refractivity contribution in [2.45, 2.75) is 25.8 Å². The number of carbonyl (C=O) groups excluding carboxylic acids is 1. The van der Waals surface area contributed by atoms with Crippen LogP contribution >= 0.6 is 0 Å². The van der Waals surface area contributed by atoms with Crippen molar-refractivity contribution in [2.75, 3.05) is 20.1 Å². The Morgan fingerprint density at radius 2 is 2.00 bits per heavy atom. The van der Waals surface area contributed by atoms with Gasteiger partial charge < -0.3 is 10.2 Å². The Kier molecular flexibility index (Phi) is 5.16. The van der Waals surface area contributed by atoms with Gasteiger partial charge in [-0.1, -0.05) is 30.3 Å². The summed E-state index contributed by atoms with van der Waals surface area (Å²) in [5.74, 6) is 0.253. The highest BCUT2D eigenvalue weighted by atomic mass is 16.1. The van der Waals surface area contributed by atoms with E-state index in [1.165, 1.54) is 5.56 Å². The molecule has 2 rings (SSSR count). The van der Waals surface area contributed by atoms with Crippen LogP contribution in [0.25, 0.3) is 0 Å². The van der Waals surface area contributed by atoms with Gasteiger partial charge in [-0.25, -0.2) is 0 Å². The lowest BCUT2D eigenvalue weighted by Crippen LogP contribution is -2.23. The zero-order valence-electron chi connectivity index (χ0n) is 11.6. The summed E-state index contributed by atoms with van der Waals surface area (Å²) < 4.78 is 0. The Hall–Kier alpha value is -1.61. The Labute approximate surface area is 115 Å². The maximum Gasteiger partial charge on any atom is 0.157 e. The van der Waals surface area contributed by atoms with E-state index >= 15 is 0 Å². The molecular formula is C16H22N2O. The topological polar surface area (TPSA) is 32.3 Å². The van der Waals surface area contributed by atoms with Gasteiger partial charge in [0.2, 0.25) is 0 Å². The minimum atomic E-state index is 0.253. The van der Waals surface area contributed by atoms with Crippen LogP contribution in [0.1, 0.15) is 24.8 Å². The fourth-order valence-corrected chi connectivity index (χ4v) is 2.31. The van der Waals surface area contributed by atoms with Gasteiger partial charge in [0, 0.05) is 31.3 Å². The molecule has 0 fully saturated rings. The summed E-state index contributed by atoms with van der Waals surface area (Å²) in [6, 6.07) is 10.5. The van der Waals surface area contributed by atoms with E-state index in [9.17, 15) is 4.79 Å². The number of rotatable bonds is 7. The van der Waals surface area contributed by atoms with Crippen LogP contribution in [-0.2, 0) is 11.3 Å². The molecule has 0 heterocycles. The van der Waals surface area contributed by atoms with Crippen LogP contribution in [-0.4, -0.2) is 30.8 Å². The standard InChI is InChI=1S/C16H22N2O/c1-18(13-14-6-3-2-4-7-14)11-5-10-17-15-8-9-16(19)12-15/h2-4,6-7,12,17H,5,8-11,13H2,1H3. The quantitative estimate of drug-likeness (QED) is 0.762. The van der Waals surface area contributed by atoms with Gasteiger partial charge in [0.25, 0.3) is 0 Å². The predicted octanol–water partition coefficient (Wildman–Crippen LogP) is 2.34. The van der Waals surface area contributed by atoms with Gasteiger partial charge in [0.1, 0.15) is 0 Å². The lowest BCUT2D eigenvalue weighted by atomic mass is 10.2. The van der Waals surface area contributed by atoms with Gasteiger partial charge in [0.15, 0.2) is 5.78 Å². The number of benzene rings is 1. The Balaban J connectivity index is 1.60. The molecule has 0 atom stereocenters. The molecule has 0 saturated heterocycles. The number of hydrogen-bond acceptors (Lipinski definition) is 3. The molecule has 1 N–H and O–H groups in total. The molecule has 0 amide bonds. The fraction of sp³-hybridized carbons (Fsp3) is 0.438. The van der Waals surface area contributed by atoms with Crippen LogP contribution in [0, 0.1) is 0 Å². The fourth-order valence-electron chi connectivity index (χ4n) is 2.31. The third-order valence-corrected chi connectivity index (χ3v) is 3.34. The number of allylic oxidation sites excluding steroid dienone is 2. The number of ketones is 1. The van der Waals surface area contributed by atoms with Crippen LogP contribution in [0.2, 0.25) is 0 Å². The van der Waals surface area contributed by atoms with Crippen molar-refractivity contribution in [3.05, 3.63) is 47.7 Å². The Morgan fingerprint density at radius 3 is 2.68 bits per heavy atom. The third kappa shape index (κ3) is 4.87. The highest BCUT2D eigenvalue weighted by Crippen LogP contribution is 2.11. The highest BCUT2D eigenvalue weighted by Gasteiger charge is 2.10. The molecule has 1 aromatic carbocycles. The van der Waals surface area contributed by atoms with Crippen LogP contribution in [0.4, 0.5) is 0 Å². The number of carbonyl (C=O) groups is 1. The van der Waals surface area contributed by atoms with Crippen molar-refractivity contribution in [1.82, 2.24) is 10.2 Å². The molecule has 0 spiro atoms. The second-order valence-corrected chi connectivity index (χ2v) is 5.14. The van der Waals surface area contributed by atoms with Gasteiger partial charge in [-0.15, -0.1) is 0 Å². The SMILES string of the molecule is CN(CCCNC1=CC(=O)CC1)Cc1ccccc1. The van der Waals surface area contributed by atoms with Crippen LogP contribution in [0.5, 0.6) is 0 Å². The van der Waals surface area contributed by atoms with Crippen molar-refractivity contribution in [2.24, 2.45) is 0 Å². The first-order valence-corrected chi connectivity index (χ1v) is 6.94. The summed E-state index contributed by atoms with van der Waals surface area (Å²) in [7, 11) is 2.14. The van der Waals surface area contributed by atoms with Gasteiger partial charge in [-0.05, 0) is 32.0 Å². The van der Waals surface area contributed by atoms with Gasteiger partial charge in [-0.2, -0.15) is 0 Å². The molecule has 3 heteroatoms. The maximum atomic E-state index is 11.1. The average molecular weight is 258 g/mol. The summed E-state index contributed by atoms with van der Waals surface area (Å²) in [6.45, 7) is 2.99. The van der Waals surface area contributed by atoms with Gasteiger partial charge in [0.05, 0.1) is 0 Å². The maximum absolute atomic E-state index is 11.1. The van der Waals surface area contributed by atoms with Gasteiger partial charge >= 0.3 is 0 Å². The molecule has 0 aliphatic heterocycles. The molecule has 0 aromatic heterocycles. The largest absolute Gasteiger partial charge is 0.388 e. The second-order valence-electron chi connectivity index (χ2n) is 5.14. The van der Waals surface area contributed by atoms with E-state index in [2.05, 4.69) is 41.5 Å². The Bertz CT molecular complexity index is 439. The van der Waals surface area contributed by atoms with E-state index in [0.717, 1.165) is 38.2 Å². The lowest BCUT2D eigenvalue weighted by Gasteiger charge is -2.17. The third-order valence-electron chi connectivity index (χ3n) is 3.34. The molecule has 102 valence electrons. The number of nitrogens with zero attached hydrogens (tertiary/aromatic N) is 1. The highest BCUT2D eigenvalue weighted by molar-refractivity contribution is 5.92. The number of hydrogen-bond donors (Lipinski definition) is 1. The molecule has 1 aromatic rings. The molecular weight excluding hydrogens is 236 g/mol. The first-order valence-electron chi connectivity index (χ1n) is 6.94. The van der Waals surface area contributed by atoms with Crippen molar-refractivity contribution in [1.29, 1.82) is 0 Å². The summed E-state index contributed by atoms with van der Waals surface area (Å²) >= 11 is 0. The number of nitrogens with one attached hydrogen (secondary N) is 1. The zero-order chi connectivity index (χ0) is 13.5.